The van der Waals surface area contributed by atoms with Crippen LogP contribution in [-0.2, 0) is 0 Å². The molecular formula is C94H64N2. The summed E-state index contributed by atoms with van der Waals surface area (Å²) in [6, 6.07) is 136. The van der Waals surface area contributed by atoms with Gasteiger partial charge in [-0.05, 0) is 210 Å². The molecule has 0 heterocycles. The van der Waals surface area contributed by atoms with Crippen LogP contribution in [0.15, 0.2) is 376 Å². The van der Waals surface area contributed by atoms with E-state index < -0.39 is 0 Å². The van der Waals surface area contributed by atoms with Crippen molar-refractivity contribution in [3.63, 3.8) is 0 Å². The Morgan fingerprint density at radius 3 is 0.823 bits per heavy atom. The van der Waals surface area contributed by atoms with Gasteiger partial charge in [0.05, 0.1) is 0 Å². The Hall–Kier alpha value is -12.6. The minimum Gasteiger partial charge on any atom is -0.310 e. The largest absolute Gasteiger partial charge is 0.310 e. The Bertz CT molecular complexity index is 5530. The van der Waals surface area contributed by atoms with Crippen LogP contribution in [0.25, 0.3) is 132 Å². The molecule has 0 aromatic heterocycles. The molecule has 96 heavy (non-hydrogen) atoms. The Kier molecular flexibility index (Phi) is 15.0. The zero-order chi connectivity index (χ0) is 63.7. The highest BCUT2D eigenvalue weighted by molar-refractivity contribution is 6.22. The van der Waals surface area contributed by atoms with Gasteiger partial charge in [-0.2, -0.15) is 0 Å². The summed E-state index contributed by atoms with van der Waals surface area (Å²) in [4.78, 5) is 4.70. The van der Waals surface area contributed by atoms with Crippen molar-refractivity contribution in [2.45, 2.75) is 0 Å². The number of benzene rings is 18. The predicted molar refractivity (Wildman–Crippen MR) is 414 cm³/mol. The molecule has 0 N–H and O–H groups in total. The number of hydrogen-bond acceptors (Lipinski definition) is 2. The van der Waals surface area contributed by atoms with Crippen molar-refractivity contribution in [2.24, 2.45) is 0 Å². The van der Waals surface area contributed by atoms with Crippen LogP contribution in [0.5, 0.6) is 0 Å². The smallest absolute Gasteiger partial charge is 0.0468 e. The van der Waals surface area contributed by atoms with E-state index in [2.05, 4.69) is 398 Å². The number of anilines is 6. The third kappa shape index (κ3) is 11.1. The van der Waals surface area contributed by atoms with Crippen molar-refractivity contribution < 1.29 is 0 Å². The SMILES string of the molecule is C(=Cc1ccc(N(c2ccc3ccccc3c2)c2ccc3ccccc3c2)cc1)c1ccc(N(c2ccc3ccccc3c2)c2ccc3ccccc3c2)cc1.c1ccc2cc(-c3c4ccccc4c(-c4ccc(-c5cccc6ccccc56)cc4)c4ccccc34)ccc2c1. The first-order chi connectivity index (χ1) is 47.6. The summed E-state index contributed by atoms with van der Waals surface area (Å²) in [6.45, 7) is 0. The zero-order valence-corrected chi connectivity index (χ0v) is 52.8. The maximum Gasteiger partial charge on any atom is 0.0468 e. The monoisotopic (exact) mass is 1220 g/mol. The molecule has 0 unspecified atom stereocenters. The van der Waals surface area contributed by atoms with E-state index in [1.54, 1.807) is 0 Å². The van der Waals surface area contributed by atoms with Crippen LogP contribution in [0.2, 0.25) is 0 Å². The molecular weight excluding hydrogens is 1160 g/mol. The highest BCUT2D eigenvalue weighted by Gasteiger charge is 2.19. The lowest BCUT2D eigenvalue weighted by atomic mass is 9.85. The van der Waals surface area contributed by atoms with Gasteiger partial charge >= 0.3 is 0 Å². The third-order valence-corrected chi connectivity index (χ3v) is 19.0. The summed E-state index contributed by atoms with van der Waals surface area (Å²) in [5.74, 6) is 0. The van der Waals surface area contributed by atoms with Gasteiger partial charge in [-0.15, -0.1) is 0 Å². The first kappa shape index (κ1) is 57.3. The van der Waals surface area contributed by atoms with Gasteiger partial charge in [0.25, 0.3) is 0 Å². The van der Waals surface area contributed by atoms with Crippen molar-refractivity contribution in [3.8, 4) is 33.4 Å². The van der Waals surface area contributed by atoms with Crippen molar-refractivity contribution in [2.75, 3.05) is 9.80 Å². The van der Waals surface area contributed by atoms with Gasteiger partial charge in [-0.25, -0.2) is 0 Å². The van der Waals surface area contributed by atoms with E-state index in [4.69, 9.17) is 0 Å². The summed E-state index contributed by atoms with van der Waals surface area (Å²) in [5.41, 5.74) is 16.6. The van der Waals surface area contributed by atoms with Gasteiger partial charge in [0, 0.05) is 34.1 Å². The molecule has 18 aromatic carbocycles. The lowest BCUT2D eigenvalue weighted by molar-refractivity contribution is 1.29. The van der Waals surface area contributed by atoms with Crippen molar-refractivity contribution in [3.05, 3.63) is 387 Å². The Balaban J connectivity index is 0.000000153. The molecule has 0 radical (unpaired) electrons. The van der Waals surface area contributed by atoms with E-state index in [-0.39, 0.29) is 0 Å². The fourth-order valence-corrected chi connectivity index (χ4v) is 14.2. The van der Waals surface area contributed by atoms with E-state index >= 15 is 0 Å². The highest BCUT2D eigenvalue weighted by atomic mass is 15.1. The average Bonchev–Trinajstić information content (AvgIpc) is 0.736. The number of rotatable bonds is 11. The minimum absolute atomic E-state index is 1.11. The fourth-order valence-electron chi connectivity index (χ4n) is 14.2. The van der Waals surface area contributed by atoms with E-state index in [0.717, 1.165) is 45.3 Å². The first-order valence-corrected chi connectivity index (χ1v) is 33.0. The van der Waals surface area contributed by atoms with Gasteiger partial charge in [0.15, 0.2) is 0 Å². The Morgan fingerprint density at radius 2 is 0.438 bits per heavy atom. The van der Waals surface area contributed by atoms with Gasteiger partial charge in [0.1, 0.15) is 0 Å². The maximum atomic E-state index is 2.35. The Morgan fingerprint density at radius 1 is 0.167 bits per heavy atom. The van der Waals surface area contributed by atoms with Crippen LogP contribution in [-0.4, -0.2) is 0 Å². The van der Waals surface area contributed by atoms with Crippen LogP contribution >= 0.6 is 0 Å². The third-order valence-electron chi connectivity index (χ3n) is 19.0. The molecule has 0 bridgehead atoms. The lowest BCUT2D eigenvalue weighted by Crippen LogP contribution is -2.10. The van der Waals surface area contributed by atoms with E-state index in [0.29, 0.717) is 0 Å². The lowest BCUT2D eigenvalue weighted by Gasteiger charge is -2.26. The number of nitrogens with zero attached hydrogens (tertiary/aromatic N) is 2. The van der Waals surface area contributed by atoms with Crippen molar-refractivity contribution in [1.82, 2.24) is 0 Å². The highest BCUT2D eigenvalue weighted by Crippen LogP contribution is 2.46. The molecule has 0 aliphatic carbocycles. The molecule has 0 aliphatic rings. The topological polar surface area (TPSA) is 6.48 Å². The van der Waals surface area contributed by atoms with Crippen LogP contribution in [0.4, 0.5) is 34.1 Å². The number of hydrogen-bond donors (Lipinski definition) is 0. The summed E-state index contributed by atoms with van der Waals surface area (Å²) in [5, 5.41) is 20.0. The minimum atomic E-state index is 1.11. The average molecular weight is 1220 g/mol. The second-order valence-electron chi connectivity index (χ2n) is 24.8. The predicted octanol–water partition coefficient (Wildman–Crippen LogP) is 26.7. The van der Waals surface area contributed by atoms with E-state index in [1.807, 2.05) is 0 Å². The van der Waals surface area contributed by atoms with Crippen molar-refractivity contribution >= 4 is 132 Å². The quantitative estimate of drug-likeness (QED) is 0.0941. The maximum absolute atomic E-state index is 2.35. The van der Waals surface area contributed by atoms with Gasteiger partial charge in [-0.3, -0.25) is 0 Å². The van der Waals surface area contributed by atoms with Crippen molar-refractivity contribution in [1.29, 1.82) is 0 Å². The normalized spacial score (nSPS) is 11.5. The van der Waals surface area contributed by atoms with Crippen LogP contribution in [0.1, 0.15) is 11.1 Å². The number of fused-ring (bicyclic) bond motifs is 8. The molecule has 0 fully saturated rings. The summed E-state index contributed by atoms with van der Waals surface area (Å²) < 4.78 is 0. The van der Waals surface area contributed by atoms with E-state index in [9.17, 15) is 0 Å². The molecule has 0 saturated heterocycles. The van der Waals surface area contributed by atoms with Crippen LogP contribution < -0.4 is 9.80 Å². The second-order valence-corrected chi connectivity index (χ2v) is 24.8. The van der Waals surface area contributed by atoms with E-state index in [1.165, 1.54) is 120 Å². The summed E-state index contributed by atoms with van der Waals surface area (Å²) >= 11 is 0. The molecule has 0 saturated carbocycles. The zero-order valence-electron chi connectivity index (χ0n) is 52.8. The molecule has 2 nitrogen and oxygen atoms in total. The molecule has 0 spiro atoms. The molecule has 0 atom stereocenters. The molecule has 450 valence electrons. The summed E-state index contributed by atoms with van der Waals surface area (Å²) in [6.07, 6.45) is 4.39. The summed E-state index contributed by atoms with van der Waals surface area (Å²) in [7, 11) is 0. The molecule has 0 amide bonds. The van der Waals surface area contributed by atoms with Crippen LogP contribution in [0, 0.1) is 0 Å². The standard InChI is InChI=1S/C54H38N2.C40H26/c1-5-13-45-35-51(31-23-41(45)9-1)55(52-32-24-42-10-2-6-14-46(42)36-52)49-27-19-39(20-28-49)17-18-40-21-29-50(30-22-40)56(53-33-25-43-11-3-7-15-47(43)37-53)54-34-26-44-12-4-8-16-48(44)38-54;1-2-12-31-26-32(25-20-27(31)10-1)40-37-17-7-5-15-35(37)39(36-16-6-8-18-38(36)40)30-23-21-29(22-24-30)34-19-9-13-28-11-3-4-14-33(28)34/h1-38H;1-26H. The molecule has 18 rings (SSSR count). The Labute approximate surface area is 559 Å². The second kappa shape index (κ2) is 25.1. The van der Waals surface area contributed by atoms with Gasteiger partial charge in [-0.1, -0.05) is 309 Å². The molecule has 0 aliphatic heterocycles. The van der Waals surface area contributed by atoms with Gasteiger partial charge < -0.3 is 9.80 Å². The van der Waals surface area contributed by atoms with Crippen LogP contribution in [0.3, 0.4) is 0 Å². The first-order valence-electron chi connectivity index (χ1n) is 33.0. The molecule has 18 aromatic rings. The molecule has 2 heteroatoms. The fraction of sp³-hybridized carbons (Fsp3) is 0. The van der Waals surface area contributed by atoms with Gasteiger partial charge in [0.2, 0.25) is 0 Å².